The predicted octanol–water partition coefficient (Wildman–Crippen LogP) is 3.32. The minimum absolute atomic E-state index is 0.181. The van der Waals surface area contributed by atoms with Gasteiger partial charge in [0.2, 0.25) is 11.8 Å². The Hall–Kier alpha value is -2.41. The second kappa shape index (κ2) is 7.65. The molecule has 132 valence electrons. The number of hydrogen-bond acceptors (Lipinski definition) is 5. The molecule has 3 rings (SSSR count). The van der Waals surface area contributed by atoms with Crippen LogP contribution >= 0.6 is 11.3 Å². The molecule has 0 saturated carbocycles. The number of rotatable bonds is 5. The summed E-state index contributed by atoms with van der Waals surface area (Å²) in [4.78, 5) is 31.6. The van der Waals surface area contributed by atoms with E-state index < -0.39 is 0 Å². The molecule has 1 aliphatic rings. The van der Waals surface area contributed by atoms with Crippen LogP contribution in [-0.2, 0) is 22.6 Å². The van der Waals surface area contributed by atoms with Crippen molar-refractivity contribution in [2.75, 3.05) is 11.9 Å². The van der Waals surface area contributed by atoms with Crippen LogP contribution in [0.15, 0.2) is 28.9 Å². The van der Waals surface area contributed by atoms with Crippen LogP contribution in [0.25, 0.3) is 6.08 Å². The highest BCUT2D eigenvalue weighted by Crippen LogP contribution is 2.28. The molecule has 0 fully saturated rings. The average Bonchev–Trinajstić information content (AvgIpc) is 3.20. The van der Waals surface area contributed by atoms with Crippen molar-refractivity contribution < 1.29 is 14.0 Å². The van der Waals surface area contributed by atoms with Gasteiger partial charge in [-0.3, -0.25) is 14.9 Å². The number of nitrogens with one attached hydrogen (secondary N) is 1. The zero-order valence-corrected chi connectivity index (χ0v) is 15.1. The molecule has 0 bridgehead atoms. The number of anilines is 1. The van der Waals surface area contributed by atoms with Crippen molar-refractivity contribution in [1.82, 2.24) is 9.88 Å². The molecule has 7 heteroatoms. The number of furan rings is 1. The summed E-state index contributed by atoms with van der Waals surface area (Å²) < 4.78 is 5.14. The quantitative estimate of drug-likeness (QED) is 0.831. The fourth-order valence-electron chi connectivity index (χ4n) is 2.63. The highest BCUT2D eigenvalue weighted by Gasteiger charge is 2.24. The highest BCUT2D eigenvalue weighted by molar-refractivity contribution is 7.15. The van der Waals surface area contributed by atoms with Gasteiger partial charge >= 0.3 is 0 Å². The number of aromatic nitrogens is 1. The molecule has 3 heterocycles. The first kappa shape index (κ1) is 17.4. The Morgan fingerprint density at radius 1 is 1.48 bits per heavy atom. The zero-order chi connectivity index (χ0) is 17.8. The Morgan fingerprint density at radius 2 is 2.32 bits per heavy atom. The van der Waals surface area contributed by atoms with E-state index in [0.29, 0.717) is 36.3 Å². The number of amides is 2. The summed E-state index contributed by atoms with van der Waals surface area (Å²) in [5, 5.41) is 3.34. The van der Waals surface area contributed by atoms with Crippen LogP contribution in [0.1, 0.15) is 36.6 Å². The van der Waals surface area contributed by atoms with E-state index in [1.54, 1.807) is 24.5 Å². The van der Waals surface area contributed by atoms with Crippen molar-refractivity contribution in [3.63, 3.8) is 0 Å². The number of thiazole rings is 1. The molecule has 0 atom stereocenters. The maximum absolute atomic E-state index is 12.2. The molecule has 2 aromatic rings. The first-order chi connectivity index (χ1) is 12.0. The Kier molecular flexibility index (Phi) is 5.33. The predicted molar refractivity (Wildman–Crippen MR) is 97.1 cm³/mol. The van der Waals surface area contributed by atoms with Crippen molar-refractivity contribution in [2.24, 2.45) is 5.92 Å². The van der Waals surface area contributed by atoms with Gasteiger partial charge < -0.3 is 9.32 Å². The highest BCUT2D eigenvalue weighted by atomic mass is 32.1. The zero-order valence-electron chi connectivity index (χ0n) is 14.3. The van der Waals surface area contributed by atoms with Gasteiger partial charge in [-0.1, -0.05) is 25.2 Å². The summed E-state index contributed by atoms with van der Waals surface area (Å²) in [6.07, 6.45) is 5.87. The molecule has 0 spiro atoms. The first-order valence-corrected chi connectivity index (χ1v) is 9.12. The summed E-state index contributed by atoms with van der Waals surface area (Å²) in [5.41, 5.74) is 0.976. The van der Waals surface area contributed by atoms with Gasteiger partial charge in [-0.25, -0.2) is 4.98 Å². The Bertz CT molecular complexity index is 778. The van der Waals surface area contributed by atoms with Crippen molar-refractivity contribution >= 4 is 34.4 Å². The SMILES string of the molecule is CC(C)CC(=O)N1CCc2nc(NC(=O)/C=C/c3ccco3)sc2C1. The number of hydrogen-bond donors (Lipinski definition) is 1. The topological polar surface area (TPSA) is 75.4 Å². The van der Waals surface area contributed by atoms with Gasteiger partial charge in [0.05, 0.1) is 18.5 Å². The summed E-state index contributed by atoms with van der Waals surface area (Å²) >= 11 is 1.43. The molecule has 0 radical (unpaired) electrons. The molecule has 0 aliphatic carbocycles. The minimum atomic E-state index is -0.254. The minimum Gasteiger partial charge on any atom is -0.465 e. The lowest BCUT2D eigenvalue weighted by Crippen LogP contribution is -2.36. The fraction of sp³-hybridized carbons (Fsp3) is 0.389. The van der Waals surface area contributed by atoms with E-state index in [4.69, 9.17) is 4.42 Å². The van der Waals surface area contributed by atoms with Crippen LogP contribution in [0, 0.1) is 5.92 Å². The first-order valence-electron chi connectivity index (χ1n) is 8.30. The van der Waals surface area contributed by atoms with E-state index in [2.05, 4.69) is 10.3 Å². The second-order valence-corrected chi connectivity index (χ2v) is 7.47. The maximum atomic E-state index is 12.2. The monoisotopic (exact) mass is 359 g/mol. The lowest BCUT2D eigenvalue weighted by Gasteiger charge is -2.26. The largest absolute Gasteiger partial charge is 0.465 e. The number of nitrogens with zero attached hydrogens (tertiary/aromatic N) is 2. The van der Waals surface area contributed by atoms with E-state index in [9.17, 15) is 9.59 Å². The summed E-state index contributed by atoms with van der Waals surface area (Å²) in [6.45, 7) is 5.36. The molecule has 6 nitrogen and oxygen atoms in total. The summed E-state index contributed by atoms with van der Waals surface area (Å²) in [6, 6.07) is 3.54. The van der Waals surface area contributed by atoms with E-state index in [0.717, 1.165) is 17.0 Å². The molecule has 25 heavy (non-hydrogen) atoms. The molecule has 0 aromatic carbocycles. The van der Waals surface area contributed by atoms with E-state index in [1.807, 2.05) is 18.7 Å². The smallest absolute Gasteiger partial charge is 0.250 e. The summed E-state index contributed by atoms with van der Waals surface area (Å²) in [7, 11) is 0. The van der Waals surface area contributed by atoms with Crippen LogP contribution in [-0.4, -0.2) is 28.2 Å². The van der Waals surface area contributed by atoms with E-state index >= 15 is 0 Å². The van der Waals surface area contributed by atoms with Gasteiger partial charge in [-0.05, 0) is 24.1 Å². The third-order valence-corrected chi connectivity index (χ3v) is 4.84. The fourth-order valence-corrected chi connectivity index (χ4v) is 3.66. The maximum Gasteiger partial charge on any atom is 0.250 e. The van der Waals surface area contributed by atoms with E-state index in [-0.39, 0.29) is 11.8 Å². The standard InChI is InChI=1S/C18H21N3O3S/c1-12(2)10-17(23)21-8-7-14-15(11-21)25-18(19-14)20-16(22)6-5-13-4-3-9-24-13/h3-6,9,12H,7-8,10-11H2,1-2H3,(H,19,20,22)/b6-5+. The van der Waals surface area contributed by atoms with Gasteiger partial charge in [0.1, 0.15) is 5.76 Å². The van der Waals surface area contributed by atoms with Crippen LogP contribution in [0.5, 0.6) is 0 Å². The Balaban J connectivity index is 1.60. The molecule has 0 saturated heterocycles. The second-order valence-electron chi connectivity index (χ2n) is 6.39. The third-order valence-electron chi connectivity index (χ3n) is 3.84. The van der Waals surface area contributed by atoms with Crippen molar-refractivity contribution in [1.29, 1.82) is 0 Å². The van der Waals surface area contributed by atoms with Gasteiger partial charge in [0.25, 0.3) is 0 Å². The molecule has 2 aromatic heterocycles. The average molecular weight is 359 g/mol. The Morgan fingerprint density at radius 3 is 3.04 bits per heavy atom. The van der Waals surface area contributed by atoms with Gasteiger partial charge in [0, 0.05) is 30.3 Å². The van der Waals surface area contributed by atoms with E-state index in [1.165, 1.54) is 17.4 Å². The van der Waals surface area contributed by atoms with Crippen LogP contribution in [0.2, 0.25) is 0 Å². The van der Waals surface area contributed by atoms with Gasteiger partial charge in [-0.2, -0.15) is 0 Å². The number of carbonyl (C=O) groups excluding carboxylic acids is 2. The van der Waals surface area contributed by atoms with Crippen molar-refractivity contribution in [3.05, 3.63) is 40.8 Å². The van der Waals surface area contributed by atoms with Gasteiger partial charge in [-0.15, -0.1) is 0 Å². The van der Waals surface area contributed by atoms with Crippen molar-refractivity contribution in [3.8, 4) is 0 Å². The third kappa shape index (κ3) is 4.57. The summed E-state index contributed by atoms with van der Waals surface area (Å²) in [5.74, 6) is 0.898. The number of fused-ring (bicyclic) bond motifs is 1. The molecule has 1 N–H and O–H groups in total. The number of carbonyl (C=O) groups is 2. The van der Waals surface area contributed by atoms with Gasteiger partial charge in [0.15, 0.2) is 5.13 Å². The lowest BCUT2D eigenvalue weighted by molar-refractivity contribution is -0.132. The molecule has 0 unspecified atom stereocenters. The lowest BCUT2D eigenvalue weighted by atomic mass is 10.1. The Labute approximate surface area is 150 Å². The molecular formula is C18H21N3O3S. The van der Waals surface area contributed by atoms with Crippen LogP contribution in [0.3, 0.4) is 0 Å². The molecule has 2 amide bonds. The molecule has 1 aliphatic heterocycles. The normalized spacial score (nSPS) is 14.1. The van der Waals surface area contributed by atoms with Crippen molar-refractivity contribution in [2.45, 2.75) is 33.2 Å². The molecular weight excluding hydrogens is 338 g/mol. The van der Waals surface area contributed by atoms with Crippen LogP contribution in [0.4, 0.5) is 5.13 Å². The van der Waals surface area contributed by atoms with Crippen LogP contribution < -0.4 is 5.32 Å².